The van der Waals surface area contributed by atoms with E-state index < -0.39 is 5.97 Å². The molecule has 3 aliphatic heterocycles. The third-order valence-electron chi connectivity index (χ3n) is 8.15. The lowest BCUT2D eigenvalue weighted by molar-refractivity contribution is 0.0303. The van der Waals surface area contributed by atoms with Gasteiger partial charge in [-0.05, 0) is 56.1 Å². The second-order valence-corrected chi connectivity index (χ2v) is 12.9. The van der Waals surface area contributed by atoms with Gasteiger partial charge in [0, 0.05) is 57.0 Å². The minimum Gasteiger partial charge on any atom is -0.465 e. The Labute approximate surface area is 291 Å². The fourth-order valence-corrected chi connectivity index (χ4v) is 6.68. The molecule has 254 valence electrons. The lowest BCUT2D eigenvalue weighted by Gasteiger charge is -2.28. The molecule has 3 saturated heterocycles. The van der Waals surface area contributed by atoms with Gasteiger partial charge in [0.2, 0.25) is 0 Å². The first-order chi connectivity index (χ1) is 23.2. The summed E-state index contributed by atoms with van der Waals surface area (Å²) in [5.41, 5.74) is 1.28. The van der Waals surface area contributed by atoms with Crippen LogP contribution in [-0.4, -0.2) is 103 Å². The number of fused-ring (bicyclic) bond motifs is 2. The van der Waals surface area contributed by atoms with Crippen LogP contribution in [0.2, 0.25) is 0 Å². The highest BCUT2D eigenvalue weighted by atomic mass is 79.9. The maximum atomic E-state index is 12.7. The summed E-state index contributed by atoms with van der Waals surface area (Å²) in [7, 11) is 1.30. The van der Waals surface area contributed by atoms with E-state index in [1.54, 1.807) is 23.1 Å². The highest BCUT2D eigenvalue weighted by Gasteiger charge is 2.23. The number of carbonyl (C=O) groups excluding carboxylic acids is 2. The average Bonchev–Trinajstić information content (AvgIpc) is 3.12. The largest absolute Gasteiger partial charge is 0.465 e. The van der Waals surface area contributed by atoms with Crippen molar-refractivity contribution < 1.29 is 37.4 Å². The highest BCUT2D eigenvalue weighted by Crippen LogP contribution is 2.30. The molecular weight excluding hydrogens is 758 g/mol. The van der Waals surface area contributed by atoms with E-state index in [1.807, 2.05) is 9.80 Å². The van der Waals surface area contributed by atoms with Crippen molar-refractivity contribution in [3.63, 3.8) is 0 Å². The Morgan fingerprint density at radius 3 is 1.50 bits per heavy atom. The van der Waals surface area contributed by atoms with Crippen LogP contribution in [0.3, 0.4) is 0 Å². The van der Waals surface area contributed by atoms with Crippen molar-refractivity contribution in [3.05, 3.63) is 76.9 Å². The van der Waals surface area contributed by atoms with Crippen LogP contribution in [0.25, 0.3) is 21.9 Å². The average molecular weight is 791 g/mol. The van der Waals surface area contributed by atoms with Crippen molar-refractivity contribution in [1.29, 1.82) is 0 Å². The summed E-state index contributed by atoms with van der Waals surface area (Å²) in [6.07, 6.45) is 0. The first-order valence-corrected chi connectivity index (χ1v) is 17.0. The first kappa shape index (κ1) is 34.1. The van der Waals surface area contributed by atoms with Crippen LogP contribution in [-0.2, 0) is 18.9 Å². The van der Waals surface area contributed by atoms with Crippen molar-refractivity contribution in [3.8, 4) is 0 Å². The van der Waals surface area contributed by atoms with E-state index in [-0.39, 0.29) is 16.8 Å². The molecule has 1 amide bonds. The van der Waals surface area contributed by atoms with Gasteiger partial charge in [0.05, 0.1) is 72.0 Å². The van der Waals surface area contributed by atoms with E-state index >= 15 is 0 Å². The number of amides is 1. The van der Waals surface area contributed by atoms with Crippen molar-refractivity contribution >= 4 is 77.4 Å². The van der Waals surface area contributed by atoms with Crippen LogP contribution >= 0.6 is 31.9 Å². The zero-order valence-electron chi connectivity index (χ0n) is 26.1. The molecule has 2 aromatic carbocycles. The number of morpholine rings is 3. The lowest BCUT2D eigenvalue weighted by atomic mass is 10.1. The fraction of sp³-hybridized carbons (Fsp3) is 0.394. The van der Waals surface area contributed by atoms with Gasteiger partial charge in [-0.15, -0.1) is 0 Å². The summed E-state index contributed by atoms with van der Waals surface area (Å²) in [6.45, 7) is 7.30. The number of halogens is 2. The molecule has 0 bridgehead atoms. The van der Waals surface area contributed by atoms with Gasteiger partial charge in [0.25, 0.3) is 5.91 Å². The molecule has 3 fully saturated rings. The van der Waals surface area contributed by atoms with Crippen molar-refractivity contribution in [2.45, 2.75) is 0 Å². The van der Waals surface area contributed by atoms with Gasteiger partial charge in [-0.3, -0.25) is 14.4 Å². The molecule has 4 aromatic rings. The molecule has 5 heterocycles. The van der Waals surface area contributed by atoms with Crippen LogP contribution in [0.5, 0.6) is 0 Å². The van der Waals surface area contributed by atoms with Gasteiger partial charge in [-0.25, -0.2) is 4.79 Å². The molecule has 7 rings (SSSR count). The molecule has 0 radical (unpaired) electrons. The normalized spacial score (nSPS) is 16.9. The molecule has 13 nitrogen and oxygen atoms in total. The van der Waals surface area contributed by atoms with Crippen molar-refractivity contribution in [1.82, 2.24) is 4.90 Å². The summed E-state index contributed by atoms with van der Waals surface area (Å²) in [6, 6.07) is 9.34. The molecule has 0 atom stereocenters. The van der Waals surface area contributed by atoms with Gasteiger partial charge in [0.1, 0.15) is 0 Å². The predicted molar refractivity (Wildman–Crippen MR) is 184 cm³/mol. The molecule has 0 N–H and O–H groups in total. The molecule has 3 aliphatic rings. The SMILES string of the molecule is COC(=O)c1cc(Br)c2oc(N3CCOCC3)cc(=O)c2c1.O=C(c1cc(Br)c2oc(N3CCOCC3)cc(=O)c2c1)N1CCOCC1. The molecule has 2 aromatic heterocycles. The standard InChI is InChI=1S/C18H19BrN2O5.C15H14BrNO5/c19-14-10-12(18(23)21-3-7-25-8-4-21)9-13-15(22)11-16(26-17(13)14)20-1-5-24-6-2-20;1-20-15(19)9-6-10-12(18)8-13(17-2-4-21-5-3-17)22-14(10)11(16)7-9/h9-11H,1-8H2;6-8H,2-5H2,1H3. The first-order valence-electron chi connectivity index (χ1n) is 15.4. The number of anilines is 2. The minimum absolute atomic E-state index is 0.104. The maximum absolute atomic E-state index is 12.7. The highest BCUT2D eigenvalue weighted by molar-refractivity contribution is 9.11. The van der Waals surface area contributed by atoms with Gasteiger partial charge in [0.15, 0.2) is 33.8 Å². The number of rotatable bonds is 4. The summed E-state index contributed by atoms with van der Waals surface area (Å²) >= 11 is 6.82. The summed E-state index contributed by atoms with van der Waals surface area (Å²) < 4.78 is 33.6. The topological polar surface area (TPSA) is 141 Å². The zero-order chi connectivity index (χ0) is 33.8. The van der Waals surface area contributed by atoms with E-state index in [1.165, 1.54) is 25.3 Å². The molecule has 0 unspecified atom stereocenters. The molecule has 48 heavy (non-hydrogen) atoms. The third-order valence-corrected chi connectivity index (χ3v) is 9.33. The molecule has 15 heteroatoms. The van der Waals surface area contributed by atoms with E-state index in [9.17, 15) is 19.2 Å². The van der Waals surface area contributed by atoms with Crippen LogP contribution in [0, 0.1) is 0 Å². The minimum atomic E-state index is -0.501. The zero-order valence-corrected chi connectivity index (χ0v) is 29.3. The second kappa shape index (κ2) is 15.2. The molecular formula is C33H33Br2N3O10. The van der Waals surface area contributed by atoms with Crippen LogP contribution in [0.15, 0.2) is 63.8 Å². The Morgan fingerprint density at radius 1 is 0.625 bits per heavy atom. The molecule has 0 saturated carbocycles. The van der Waals surface area contributed by atoms with Crippen LogP contribution < -0.4 is 20.7 Å². The number of nitrogens with zero attached hydrogens (tertiary/aromatic N) is 3. The fourth-order valence-electron chi connectivity index (χ4n) is 5.60. The Kier molecular flexibility index (Phi) is 10.8. The van der Waals surface area contributed by atoms with Crippen molar-refractivity contribution in [2.75, 3.05) is 95.8 Å². The van der Waals surface area contributed by atoms with E-state index in [0.717, 1.165) is 0 Å². The number of ether oxygens (including phenoxy) is 4. The van der Waals surface area contributed by atoms with E-state index in [0.29, 0.717) is 133 Å². The maximum Gasteiger partial charge on any atom is 0.337 e. The smallest absolute Gasteiger partial charge is 0.337 e. The lowest BCUT2D eigenvalue weighted by Crippen LogP contribution is -2.40. The monoisotopic (exact) mass is 789 g/mol. The van der Waals surface area contributed by atoms with Crippen LogP contribution in [0.4, 0.5) is 11.8 Å². The predicted octanol–water partition coefficient (Wildman–Crippen LogP) is 4.04. The summed E-state index contributed by atoms with van der Waals surface area (Å²) in [5, 5.41) is 0.736. The van der Waals surface area contributed by atoms with Crippen LogP contribution in [0.1, 0.15) is 20.7 Å². The number of carbonyl (C=O) groups is 2. The molecule has 0 aliphatic carbocycles. The number of benzene rings is 2. The Morgan fingerprint density at radius 2 is 1.04 bits per heavy atom. The number of hydrogen-bond donors (Lipinski definition) is 0. The summed E-state index contributed by atoms with van der Waals surface area (Å²) in [5.74, 6) is 0.429. The van der Waals surface area contributed by atoms with Gasteiger partial charge in [-0.1, -0.05) is 0 Å². The second-order valence-electron chi connectivity index (χ2n) is 11.2. The number of hydrogen-bond acceptors (Lipinski definition) is 12. The Hall–Kier alpha value is -3.76. The quantitative estimate of drug-likeness (QED) is 0.276. The Bertz CT molecular complexity index is 1940. The van der Waals surface area contributed by atoms with Gasteiger partial charge >= 0.3 is 5.97 Å². The summed E-state index contributed by atoms with van der Waals surface area (Å²) in [4.78, 5) is 55.1. The number of esters is 1. The van der Waals surface area contributed by atoms with E-state index in [4.69, 9.17) is 23.0 Å². The Balaban J connectivity index is 0.000000170. The van der Waals surface area contributed by atoms with E-state index in [2.05, 4.69) is 36.6 Å². The van der Waals surface area contributed by atoms with Gasteiger partial charge in [-0.2, -0.15) is 0 Å². The number of methoxy groups -OCH3 is 1. The molecule has 0 spiro atoms. The van der Waals surface area contributed by atoms with Gasteiger partial charge < -0.3 is 42.5 Å². The van der Waals surface area contributed by atoms with Crippen molar-refractivity contribution in [2.24, 2.45) is 0 Å². The third kappa shape index (κ3) is 7.44.